The van der Waals surface area contributed by atoms with E-state index in [-0.39, 0.29) is 23.3 Å². The fourth-order valence-corrected chi connectivity index (χ4v) is 5.95. The number of sulfonamides is 1. The molecule has 0 aliphatic heterocycles. The number of carbonyl (C=O) groups is 2. The summed E-state index contributed by atoms with van der Waals surface area (Å²) in [6.07, 6.45) is 0.353. The van der Waals surface area contributed by atoms with E-state index in [0.29, 0.717) is 28.1 Å². The quantitative estimate of drug-likeness (QED) is 0.270. The molecule has 0 aliphatic rings. The number of hydrogen-bond acceptors (Lipinski definition) is 4. The van der Waals surface area contributed by atoms with Crippen LogP contribution in [-0.4, -0.2) is 44.3 Å². The van der Waals surface area contributed by atoms with Crippen molar-refractivity contribution in [3.05, 3.63) is 93.9 Å². The zero-order valence-corrected chi connectivity index (χ0v) is 25.3. The van der Waals surface area contributed by atoms with E-state index in [0.717, 1.165) is 9.87 Å². The molecule has 1 N–H and O–H groups in total. The molecular weight excluding hydrogens is 602 g/mol. The average Bonchev–Trinajstić information content (AvgIpc) is 2.91. The summed E-state index contributed by atoms with van der Waals surface area (Å²) in [6, 6.07) is 20.9. The number of hydrogen-bond donors (Lipinski definition) is 1. The second kappa shape index (κ2) is 14.0. The Morgan fingerprint density at radius 3 is 2.23 bits per heavy atom. The SMILES string of the molecule is CC[C@@H](C(=O)NCC(C)C)N(Cc1ccc(Cl)cc1)C(=O)CN(c1cccc(Br)c1)S(=O)(=O)c1ccccc1. The minimum absolute atomic E-state index is 0.0590. The van der Waals surface area contributed by atoms with Crippen LogP contribution in [0.4, 0.5) is 5.69 Å². The third-order valence-corrected chi connectivity index (χ3v) is 8.58. The van der Waals surface area contributed by atoms with Crippen LogP contribution in [0.1, 0.15) is 32.8 Å². The highest BCUT2D eigenvalue weighted by Crippen LogP contribution is 2.27. The summed E-state index contributed by atoms with van der Waals surface area (Å²) < 4.78 is 29.3. The first-order valence-corrected chi connectivity index (χ1v) is 15.3. The van der Waals surface area contributed by atoms with Gasteiger partial charge in [-0.3, -0.25) is 13.9 Å². The van der Waals surface area contributed by atoms with Crippen LogP contribution in [0.15, 0.2) is 88.2 Å². The zero-order valence-electron chi connectivity index (χ0n) is 22.2. The van der Waals surface area contributed by atoms with Gasteiger partial charge in [0.1, 0.15) is 12.6 Å². The Labute approximate surface area is 244 Å². The highest BCUT2D eigenvalue weighted by Gasteiger charge is 2.33. The molecule has 3 rings (SSSR count). The molecule has 0 fully saturated rings. The first-order valence-electron chi connectivity index (χ1n) is 12.7. The van der Waals surface area contributed by atoms with Gasteiger partial charge in [-0.05, 0) is 60.4 Å². The van der Waals surface area contributed by atoms with Crippen LogP contribution in [0.2, 0.25) is 5.02 Å². The predicted octanol–water partition coefficient (Wildman–Crippen LogP) is 5.88. The predicted molar refractivity (Wildman–Crippen MR) is 159 cm³/mol. The van der Waals surface area contributed by atoms with E-state index in [2.05, 4.69) is 21.2 Å². The van der Waals surface area contributed by atoms with Crippen molar-refractivity contribution in [1.29, 1.82) is 0 Å². The Morgan fingerprint density at radius 2 is 1.64 bits per heavy atom. The molecular formula is C29H33BrClN3O4S. The van der Waals surface area contributed by atoms with Crippen molar-refractivity contribution in [2.45, 2.75) is 44.7 Å². The molecule has 1 atom stereocenters. The fraction of sp³-hybridized carbons (Fsp3) is 0.310. The van der Waals surface area contributed by atoms with Crippen LogP contribution in [0, 0.1) is 5.92 Å². The molecule has 3 aromatic rings. The minimum Gasteiger partial charge on any atom is -0.354 e. The molecule has 208 valence electrons. The van der Waals surface area contributed by atoms with E-state index in [1.165, 1.54) is 17.0 Å². The van der Waals surface area contributed by atoms with Crippen molar-refractivity contribution in [1.82, 2.24) is 10.2 Å². The Balaban J connectivity index is 2.03. The van der Waals surface area contributed by atoms with Gasteiger partial charge < -0.3 is 10.2 Å². The van der Waals surface area contributed by atoms with E-state index in [1.54, 1.807) is 66.7 Å². The molecule has 0 unspecified atom stereocenters. The van der Waals surface area contributed by atoms with Gasteiger partial charge in [0.25, 0.3) is 10.0 Å². The lowest BCUT2D eigenvalue weighted by Crippen LogP contribution is -2.52. The molecule has 0 spiro atoms. The zero-order chi connectivity index (χ0) is 28.6. The normalized spacial score (nSPS) is 12.2. The lowest BCUT2D eigenvalue weighted by Gasteiger charge is -2.33. The number of carbonyl (C=O) groups excluding carboxylic acids is 2. The number of halogens is 2. The minimum atomic E-state index is -4.11. The molecule has 0 radical (unpaired) electrons. The summed E-state index contributed by atoms with van der Waals surface area (Å²) in [5.41, 5.74) is 1.09. The van der Waals surface area contributed by atoms with Gasteiger partial charge in [-0.2, -0.15) is 0 Å². The Morgan fingerprint density at radius 1 is 0.974 bits per heavy atom. The smallest absolute Gasteiger partial charge is 0.264 e. The Kier molecular flexibility index (Phi) is 11.0. The second-order valence-electron chi connectivity index (χ2n) is 9.52. The van der Waals surface area contributed by atoms with E-state index in [1.807, 2.05) is 20.8 Å². The highest BCUT2D eigenvalue weighted by atomic mass is 79.9. The van der Waals surface area contributed by atoms with E-state index in [4.69, 9.17) is 11.6 Å². The van der Waals surface area contributed by atoms with Gasteiger partial charge in [0, 0.05) is 22.6 Å². The number of amides is 2. The maximum atomic E-state index is 14.0. The van der Waals surface area contributed by atoms with Gasteiger partial charge in [-0.25, -0.2) is 8.42 Å². The number of nitrogens with zero attached hydrogens (tertiary/aromatic N) is 2. The van der Waals surface area contributed by atoms with Crippen LogP contribution in [0.25, 0.3) is 0 Å². The van der Waals surface area contributed by atoms with Crippen molar-refractivity contribution in [3.63, 3.8) is 0 Å². The van der Waals surface area contributed by atoms with Crippen molar-refractivity contribution < 1.29 is 18.0 Å². The lowest BCUT2D eigenvalue weighted by molar-refractivity contribution is -0.140. The maximum absolute atomic E-state index is 14.0. The number of rotatable bonds is 12. The molecule has 0 saturated carbocycles. The topological polar surface area (TPSA) is 86.8 Å². The largest absolute Gasteiger partial charge is 0.354 e. The first kappa shape index (κ1) is 30.7. The van der Waals surface area contributed by atoms with Crippen LogP contribution in [-0.2, 0) is 26.2 Å². The molecule has 0 saturated heterocycles. The number of anilines is 1. The van der Waals surface area contributed by atoms with E-state index in [9.17, 15) is 18.0 Å². The van der Waals surface area contributed by atoms with Gasteiger partial charge in [-0.15, -0.1) is 0 Å². The van der Waals surface area contributed by atoms with Gasteiger partial charge in [0.15, 0.2) is 0 Å². The lowest BCUT2D eigenvalue weighted by atomic mass is 10.1. The van der Waals surface area contributed by atoms with Crippen molar-refractivity contribution >= 4 is 55.1 Å². The van der Waals surface area contributed by atoms with Gasteiger partial charge in [-0.1, -0.05) is 84.7 Å². The molecule has 0 aliphatic carbocycles. The summed E-state index contributed by atoms with van der Waals surface area (Å²) in [5.74, 6) is -0.556. The average molecular weight is 635 g/mol. The maximum Gasteiger partial charge on any atom is 0.264 e. The van der Waals surface area contributed by atoms with Crippen LogP contribution >= 0.6 is 27.5 Å². The van der Waals surface area contributed by atoms with Crippen LogP contribution in [0.3, 0.4) is 0 Å². The fourth-order valence-electron chi connectivity index (χ4n) is 4.01. The summed E-state index contributed by atoms with van der Waals surface area (Å²) in [6.45, 7) is 5.89. The highest BCUT2D eigenvalue weighted by molar-refractivity contribution is 9.10. The summed E-state index contributed by atoms with van der Waals surface area (Å²) in [4.78, 5) is 28.7. The molecule has 10 heteroatoms. The molecule has 7 nitrogen and oxygen atoms in total. The summed E-state index contributed by atoms with van der Waals surface area (Å²) >= 11 is 9.46. The molecule has 0 bridgehead atoms. The monoisotopic (exact) mass is 633 g/mol. The van der Waals surface area contributed by atoms with E-state index >= 15 is 0 Å². The third kappa shape index (κ3) is 8.30. The Bertz CT molecular complexity index is 1370. The number of benzene rings is 3. The van der Waals surface area contributed by atoms with Crippen LogP contribution in [0.5, 0.6) is 0 Å². The van der Waals surface area contributed by atoms with E-state index < -0.39 is 28.5 Å². The van der Waals surface area contributed by atoms with Crippen LogP contribution < -0.4 is 9.62 Å². The standard InChI is InChI=1S/C29H33BrClN3O4S/c1-4-27(29(36)32-18-21(2)3)33(19-22-13-15-24(31)16-14-22)28(35)20-34(25-10-8-9-23(30)17-25)39(37,38)26-11-6-5-7-12-26/h5-17,21,27H,4,18-20H2,1-3H3,(H,32,36)/t27-/m0/s1. The van der Waals surface area contributed by atoms with Gasteiger partial charge in [0.2, 0.25) is 11.8 Å². The third-order valence-electron chi connectivity index (χ3n) is 6.04. The van der Waals surface area contributed by atoms with Crippen molar-refractivity contribution in [2.24, 2.45) is 5.92 Å². The summed E-state index contributed by atoms with van der Waals surface area (Å²) in [7, 11) is -4.11. The van der Waals surface area contributed by atoms with Crippen molar-refractivity contribution in [2.75, 3.05) is 17.4 Å². The molecule has 0 aromatic heterocycles. The second-order valence-corrected chi connectivity index (χ2v) is 12.7. The molecule has 2 amide bonds. The van der Waals surface area contributed by atoms with Crippen molar-refractivity contribution in [3.8, 4) is 0 Å². The van der Waals surface area contributed by atoms with Gasteiger partial charge >= 0.3 is 0 Å². The molecule has 3 aromatic carbocycles. The number of nitrogens with one attached hydrogen (secondary N) is 1. The van der Waals surface area contributed by atoms with Gasteiger partial charge in [0.05, 0.1) is 10.6 Å². The molecule has 39 heavy (non-hydrogen) atoms. The Hall–Kier alpha value is -2.88. The summed E-state index contributed by atoms with van der Waals surface area (Å²) in [5, 5.41) is 3.47. The molecule has 0 heterocycles. The first-order chi connectivity index (χ1) is 18.5.